The van der Waals surface area contributed by atoms with E-state index in [9.17, 15) is 0 Å². The number of primary amides is 1. The van der Waals surface area contributed by atoms with Gasteiger partial charge < -0.3 is 16.4 Å². The Hall–Kier alpha value is -0.610. The number of carbonyl (C=O) groups is 1. The Morgan fingerprint density at radius 1 is 1.53 bits per heavy atom. The molecule has 2 rings (SSSR count). The molecule has 88 valence electrons. The summed E-state index contributed by atoms with van der Waals surface area (Å²) in [5.74, 6) is 0. The van der Waals surface area contributed by atoms with Crippen molar-refractivity contribution in [1.82, 2.24) is 10.6 Å². The number of rotatable bonds is 2. The summed E-state index contributed by atoms with van der Waals surface area (Å²) in [5.41, 5.74) is 4.61. The third-order valence-electron chi connectivity index (χ3n) is 3.75. The lowest BCUT2D eigenvalue weighted by molar-refractivity contribution is -0.106. The fraction of sp³-hybridized carbons (Fsp3) is 0.909. The third-order valence-corrected chi connectivity index (χ3v) is 3.75. The average molecular weight is 213 g/mol. The zero-order valence-corrected chi connectivity index (χ0v) is 9.75. The Morgan fingerprint density at radius 3 is 2.73 bits per heavy atom. The van der Waals surface area contributed by atoms with E-state index >= 15 is 0 Å². The fourth-order valence-electron chi connectivity index (χ4n) is 2.95. The van der Waals surface area contributed by atoms with Crippen LogP contribution in [0.1, 0.15) is 39.5 Å². The molecule has 4 heteroatoms. The van der Waals surface area contributed by atoms with Crippen LogP contribution in [0.3, 0.4) is 0 Å². The first-order valence-electron chi connectivity index (χ1n) is 5.88. The van der Waals surface area contributed by atoms with E-state index in [2.05, 4.69) is 30.2 Å². The highest BCUT2D eigenvalue weighted by atomic mass is 16.1. The highest BCUT2D eigenvalue weighted by Crippen LogP contribution is 2.34. The molecule has 0 aliphatic carbocycles. The Balaban J connectivity index is 0.000000337. The van der Waals surface area contributed by atoms with Gasteiger partial charge in [0, 0.05) is 24.2 Å². The van der Waals surface area contributed by atoms with Crippen molar-refractivity contribution in [3.05, 3.63) is 0 Å². The number of hydrogen-bond acceptors (Lipinski definition) is 3. The molecule has 0 aromatic carbocycles. The average Bonchev–Trinajstić information content (AvgIpc) is 2.59. The van der Waals surface area contributed by atoms with Crippen LogP contribution in [0.5, 0.6) is 0 Å². The number of nitrogens with two attached hydrogens (primary N) is 1. The summed E-state index contributed by atoms with van der Waals surface area (Å²) in [7, 11) is 0. The maximum Gasteiger partial charge on any atom is 0.204 e. The predicted molar refractivity (Wildman–Crippen MR) is 61.5 cm³/mol. The van der Waals surface area contributed by atoms with Gasteiger partial charge in [-0.1, -0.05) is 13.8 Å². The van der Waals surface area contributed by atoms with Crippen molar-refractivity contribution in [2.45, 2.75) is 57.2 Å². The zero-order valence-electron chi connectivity index (χ0n) is 9.75. The van der Waals surface area contributed by atoms with Crippen LogP contribution >= 0.6 is 0 Å². The molecule has 2 heterocycles. The zero-order chi connectivity index (χ0) is 11.3. The molecule has 2 aliphatic heterocycles. The second-order valence-corrected chi connectivity index (χ2v) is 4.39. The van der Waals surface area contributed by atoms with E-state index in [-0.39, 0.29) is 6.41 Å². The highest BCUT2D eigenvalue weighted by molar-refractivity contribution is 5.42. The number of carbonyl (C=O) groups excluding carboxylic acids is 1. The number of hydrogen-bond donors (Lipinski definition) is 3. The molecule has 0 spiro atoms. The van der Waals surface area contributed by atoms with E-state index in [1.54, 1.807) is 0 Å². The van der Waals surface area contributed by atoms with E-state index in [1.807, 2.05) is 0 Å². The molecular weight excluding hydrogens is 190 g/mol. The predicted octanol–water partition coefficient (Wildman–Crippen LogP) is 0.371. The SMILES string of the molecule is CCC1NCC2CCC1(CC)N2.NC=O. The molecule has 3 unspecified atom stereocenters. The van der Waals surface area contributed by atoms with Gasteiger partial charge in [0.05, 0.1) is 0 Å². The maximum atomic E-state index is 8.58. The first kappa shape index (κ1) is 12.5. The van der Waals surface area contributed by atoms with Crippen LogP contribution in [0, 0.1) is 0 Å². The van der Waals surface area contributed by atoms with Gasteiger partial charge in [0.2, 0.25) is 6.41 Å². The highest BCUT2D eigenvalue weighted by Gasteiger charge is 2.45. The quantitative estimate of drug-likeness (QED) is 0.581. The summed E-state index contributed by atoms with van der Waals surface area (Å²) in [6.07, 6.45) is 5.53. The van der Waals surface area contributed by atoms with Gasteiger partial charge in [0.25, 0.3) is 0 Å². The van der Waals surface area contributed by atoms with E-state index in [4.69, 9.17) is 4.79 Å². The molecule has 2 bridgehead atoms. The van der Waals surface area contributed by atoms with Crippen LogP contribution in [0.25, 0.3) is 0 Å². The summed E-state index contributed by atoms with van der Waals surface area (Å²) < 4.78 is 0. The van der Waals surface area contributed by atoms with Crippen molar-refractivity contribution < 1.29 is 4.79 Å². The van der Waals surface area contributed by atoms with Crippen molar-refractivity contribution in [2.75, 3.05) is 6.54 Å². The van der Waals surface area contributed by atoms with Gasteiger partial charge in [0.1, 0.15) is 0 Å². The smallest absolute Gasteiger partial charge is 0.204 e. The molecular formula is C11H23N3O. The lowest BCUT2D eigenvalue weighted by Gasteiger charge is -2.42. The minimum absolute atomic E-state index is 0.250. The van der Waals surface area contributed by atoms with Gasteiger partial charge in [-0.25, -0.2) is 0 Å². The van der Waals surface area contributed by atoms with Crippen molar-refractivity contribution >= 4 is 6.41 Å². The second kappa shape index (κ2) is 5.47. The summed E-state index contributed by atoms with van der Waals surface area (Å²) in [6, 6.07) is 1.47. The minimum Gasteiger partial charge on any atom is -0.372 e. The van der Waals surface area contributed by atoms with Crippen LogP contribution in [-0.2, 0) is 4.79 Å². The van der Waals surface area contributed by atoms with E-state index in [1.165, 1.54) is 32.2 Å². The Labute approximate surface area is 92.0 Å². The number of nitrogens with one attached hydrogen (secondary N) is 2. The van der Waals surface area contributed by atoms with Crippen molar-refractivity contribution in [3.63, 3.8) is 0 Å². The van der Waals surface area contributed by atoms with E-state index in [0.29, 0.717) is 11.6 Å². The van der Waals surface area contributed by atoms with Gasteiger partial charge in [-0.15, -0.1) is 0 Å². The lowest BCUT2D eigenvalue weighted by atomic mass is 9.84. The van der Waals surface area contributed by atoms with Crippen molar-refractivity contribution in [3.8, 4) is 0 Å². The Kier molecular flexibility index (Phi) is 4.54. The van der Waals surface area contributed by atoms with Gasteiger partial charge in [0.15, 0.2) is 0 Å². The van der Waals surface area contributed by atoms with Gasteiger partial charge in [-0.2, -0.15) is 0 Å². The van der Waals surface area contributed by atoms with Crippen LogP contribution in [0.15, 0.2) is 0 Å². The molecule has 0 radical (unpaired) electrons. The van der Waals surface area contributed by atoms with Gasteiger partial charge in [-0.05, 0) is 25.7 Å². The van der Waals surface area contributed by atoms with Crippen molar-refractivity contribution in [2.24, 2.45) is 5.73 Å². The van der Waals surface area contributed by atoms with Crippen LogP contribution in [0.4, 0.5) is 0 Å². The van der Waals surface area contributed by atoms with Crippen molar-refractivity contribution in [1.29, 1.82) is 0 Å². The Morgan fingerprint density at radius 2 is 2.20 bits per heavy atom. The maximum absolute atomic E-state index is 8.58. The van der Waals surface area contributed by atoms with Gasteiger partial charge >= 0.3 is 0 Å². The fourth-order valence-corrected chi connectivity index (χ4v) is 2.95. The third kappa shape index (κ3) is 2.49. The van der Waals surface area contributed by atoms with Gasteiger partial charge in [-0.3, -0.25) is 4.79 Å². The molecule has 1 amide bonds. The number of piperazine rings is 1. The van der Waals surface area contributed by atoms with Crippen LogP contribution in [-0.4, -0.2) is 30.6 Å². The molecule has 3 atom stereocenters. The molecule has 2 fully saturated rings. The van der Waals surface area contributed by atoms with E-state index < -0.39 is 0 Å². The molecule has 4 N–H and O–H groups in total. The summed E-state index contributed by atoms with van der Waals surface area (Å²) in [6.45, 7) is 5.78. The van der Waals surface area contributed by atoms with Crippen LogP contribution in [0.2, 0.25) is 0 Å². The molecule has 2 aliphatic rings. The standard InChI is InChI=1S/C10H20N2.CH3NO/c1-3-9-10(4-2)6-5-8(12-10)7-11-9;2-1-3/h8-9,11-12H,3-7H2,1-2H3;1H,(H2,2,3). The summed E-state index contributed by atoms with van der Waals surface area (Å²) in [4.78, 5) is 8.58. The topological polar surface area (TPSA) is 67.2 Å². The first-order chi connectivity index (χ1) is 7.22. The molecule has 0 aromatic rings. The summed E-state index contributed by atoms with van der Waals surface area (Å²) >= 11 is 0. The largest absolute Gasteiger partial charge is 0.372 e. The minimum atomic E-state index is 0.250. The Bertz CT molecular complexity index is 208. The summed E-state index contributed by atoms with van der Waals surface area (Å²) in [5, 5.41) is 7.45. The lowest BCUT2D eigenvalue weighted by Crippen LogP contribution is -2.64. The first-order valence-corrected chi connectivity index (χ1v) is 5.88. The monoisotopic (exact) mass is 213 g/mol. The van der Waals surface area contributed by atoms with E-state index in [0.717, 1.165) is 6.04 Å². The molecule has 0 aromatic heterocycles. The molecule has 4 nitrogen and oxygen atoms in total. The second-order valence-electron chi connectivity index (χ2n) is 4.39. The molecule has 0 saturated carbocycles. The molecule has 2 saturated heterocycles. The number of amides is 1. The molecule has 15 heavy (non-hydrogen) atoms. The number of fused-ring (bicyclic) bond motifs is 2. The van der Waals surface area contributed by atoms with Crippen LogP contribution < -0.4 is 16.4 Å². The normalized spacial score (nSPS) is 38.0.